The van der Waals surface area contributed by atoms with Gasteiger partial charge in [-0.15, -0.1) is 0 Å². The van der Waals surface area contributed by atoms with E-state index >= 15 is 0 Å². The van der Waals surface area contributed by atoms with Gasteiger partial charge in [-0.3, -0.25) is 14.2 Å². The fourth-order valence-electron chi connectivity index (χ4n) is 4.37. The topological polar surface area (TPSA) is 81.9 Å². The van der Waals surface area contributed by atoms with Crippen molar-refractivity contribution in [3.63, 3.8) is 0 Å². The predicted molar refractivity (Wildman–Crippen MR) is 150 cm³/mol. The van der Waals surface area contributed by atoms with Crippen LogP contribution in [0.1, 0.15) is 24.1 Å². The van der Waals surface area contributed by atoms with Gasteiger partial charge in [0.25, 0.3) is 11.5 Å². The number of thiazole rings is 1. The molecule has 0 bridgehead atoms. The number of carbonyl (C=O) groups excluding carboxylic acids is 1. The summed E-state index contributed by atoms with van der Waals surface area (Å²) in [5.41, 5.74) is 2.78. The highest BCUT2D eigenvalue weighted by Gasteiger charge is 2.32. The number of methoxy groups -OCH3 is 2. The molecule has 1 aliphatic rings. The second-order valence-electron chi connectivity index (χ2n) is 8.56. The Hall–Kier alpha value is -4.14. The zero-order valence-electron chi connectivity index (χ0n) is 20.9. The first-order valence-corrected chi connectivity index (χ1v) is 13.0. The Morgan fingerprint density at radius 2 is 1.79 bits per heavy atom. The van der Waals surface area contributed by atoms with E-state index in [9.17, 15) is 9.59 Å². The van der Waals surface area contributed by atoms with E-state index in [1.165, 1.54) is 11.3 Å². The molecule has 0 spiro atoms. The monoisotopic (exact) mass is 545 g/mol. The lowest BCUT2D eigenvalue weighted by Gasteiger charge is -2.25. The summed E-state index contributed by atoms with van der Waals surface area (Å²) in [6.45, 7) is 1.78. The second-order valence-corrected chi connectivity index (χ2v) is 10.0. The van der Waals surface area contributed by atoms with Crippen LogP contribution >= 0.6 is 22.9 Å². The molecule has 4 aromatic rings. The molecule has 9 heteroatoms. The fraction of sp³-hybridized carbons (Fsp3) is 0.138. The molecular formula is C29H24ClN3O4S. The summed E-state index contributed by atoms with van der Waals surface area (Å²) < 4.78 is 12.8. The number of anilines is 1. The van der Waals surface area contributed by atoms with Gasteiger partial charge in [-0.05, 0) is 55.0 Å². The van der Waals surface area contributed by atoms with E-state index in [1.54, 1.807) is 56.1 Å². The first kappa shape index (κ1) is 25.5. The van der Waals surface area contributed by atoms with Gasteiger partial charge in [-0.1, -0.05) is 53.3 Å². The highest BCUT2D eigenvalue weighted by molar-refractivity contribution is 7.07. The number of benzene rings is 3. The molecule has 0 aliphatic carbocycles. The standard InChI is InChI=1S/C29H24ClN3O4S/c1-17-25(27(34)32-21-7-5-4-6-8-21)26(18-9-12-20(30)13-10-18)33-28(35)24(38-29(33)31-17)15-19-11-14-22(36-2)16-23(19)37-3/h4-16,26H,1-3H3,(H,32,34)/t26-/m1/s1. The van der Waals surface area contributed by atoms with Crippen LogP contribution in [0.25, 0.3) is 6.08 Å². The van der Waals surface area contributed by atoms with E-state index < -0.39 is 6.04 Å². The predicted octanol–water partition coefficient (Wildman–Crippen LogP) is 4.54. The average Bonchev–Trinajstić information content (AvgIpc) is 3.23. The largest absolute Gasteiger partial charge is 0.497 e. The molecule has 1 N–H and O–H groups in total. The van der Waals surface area contributed by atoms with Crippen molar-refractivity contribution in [3.05, 3.63) is 120 Å². The minimum absolute atomic E-state index is 0.260. The maximum absolute atomic E-state index is 13.9. The molecule has 3 aromatic carbocycles. The molecule has 1 aliphatic heterocycles. The minimum Gasteiger partial charge on any atom is -0.497 e. The van der Waals surface area contributed by atoms with Crippen molar-refractivity contribution in [2.45, 2.75) is 13.0 Å². The molecule has 0 fully saturated rings. The highest BCUT2D eigenvalue weighted by atomic mass is 35.5. The quantitative estimate of drug-likeness (QED) is 0.385. The normalized spacial score (nSPS) is 15.1. The van der Waals surface area contributed by atoms with Gasteiger partial charge in [0.1, 0.15) is 11.5 Å². The van der Waals surface area contributed by atoms with Gasteiger partial charge < -0.3 is 14.8 Å². The molecule has 1 atom stereocenters. The SMILES string of the molecule is COc1ccc(C=c2sc3n(c2=O)[C@H](c2ccc(Cl)cc2)C(C(=O)Nc2ccccc2)=C(C)N=3)c(OC)c1. The zero-order chi connectivity index (χ0) is 26.8. The molecule has 192 valence electrons. The van der Waals surface area contributed by atoms with Gasteiger partial charge in [0.15, 0.2) is 4.80 Å². The number of amides is 1. The second kappa shape index (κ2) is 10.7. The summed E-state index contributed by atoms with van der Waals surface area (Å²) in [6.07, 6.45) is 1.77. The van der Waals surface area contributed by atoms with Gasteiger partial charge in [0, 0.05) is 22.3 Å². The molecule has 0 radical (unpaired) electrons. The van der Waals surface area contributed by atoms with E-state index in [-0.39, 0.29) is 11.5 Å². The van der Waals surface area contributed by atoms with Crippen molar-refractivity contribution in [1.29, 1.82) is 0 Å². The molecule has 38 heavy (non-hydrogen) atoms. The van der Waals surface area contributed by atoms with Crippen molar-refractivity contribution in [3.8, 4) is 11.5 Å². The van der Waals surface area contributed by atoms with Crippen LogP contribution in [0.5, 0.6) is 11.5 Å². The number of hydrogen-bond acceptors (Lipinski definition) is 6. The van der Waals surface area contributed by atoms with Crippen molar-refractivity contribution in [2.24, 2.45) is 4.99 Å². The summed E-state index contributed by atoms with van der Waals surface area (Å²) in [5.74, 6) is 0.889. The van der Waals surface area contributed by atoms with Crippen LogP contribution in [-0.4, -0.2) is 24.7 Å². The lowest BCUT2D eigenvalue weighted by Crippen LogP contribution is -2.40. The number of rotatable bonds is 6. The Kier molecular flexibility index (Phi) is 7.18. The van der Waals surface area contributed by atoms with E-state index in [1.807, 2.05) is 48.5 Å². The molecule has 0 saturated carbocycles. The number of ether oxygens (including phenoxy) is 2. The number of hydrogen-bond donors (Lipinski definition) is 1. The number of halogens is 1. The van der Waals surface area contributed by atoms with Gasteiger partial charge in [-0.2, -0.15) is 0 Å². The van der Waals surface area contributed by atoms with Crippen LogP contribution in [0.3, 0.4) is 0 Å². The lowest BCUT2D eigenvalue weighted by molar-refractivity contribution is -0.113. The number of carbonyl (C=O) groups is 1. The third-order valence-corrected chi connectivity index (χ3v) is 7.45. The third-order valence-electron chi connectivity index (χ3n) is 6.21. The number of para-hydroxylation sites is 1. The van der Waals surface area contributed by atoms with Crippen molar-refractivity contribution >= 4 is 40.6 Å². The molecule has 1 aromatic heterocycles. The van der Waals surface area contributed by atoms with Gasteiger partial charge in [-0.25, -0.2) is 4.99 Å². The van der Waals surface area contributed by atoms with E-state index in [0.717, 1.165) is 11.1 Å². The highest BCUT2D eigenvalue weighted by Crippen LogP contribution is 2.31. The Bertz CT molecular complexity index is 1720. The van der Waals surface area contributed by atoms with Crippen LogP contribution in [0.2, 0.25) is 5.02 Å². The number of fused-ring (bicyclic) bond motifs is 1. The van der Waals surface area contributed by atoms with Crippen LogP contribution in [-0.2, 0) is 4.79 Å². The summed E-state index contributed by atoms with van der Waals surface area (Å²) in [6, 6.07) is 21.0. The van der Waals surface area contributed by atoms with E-state index in [4.69, 9.17) is 21.1 Å². The third kappa shape index (κ3) is 4.88. The number of allylic oxidation sites excluding steroid dienone is 1. The summed E-state index contributed by atoms with van der Waals surface area (Å²) in [7, 11) is 3.15. The number of aromatic nitrogens is 1. The molecule has 7 nitrogen and oxygen atoms in total. The smallest absolute Gasteiger partial charge is 0.271 e. The lowest BCUT2D eigenvalue weighted by atomic mass is 9.95. The zero-order valence-corrected chi connectivity index (χ0v) is 22.5. The number of nitrogens with one attached hydrogen (secondary N) is 1. The Labute approximate surface area is 228 Å². The Morgan fingerprint density at radius 1 is 1.05 bits per heavy atom. The van der Waals surface area contributed by atoms with Crippen LogP contribution in [0.15, 0.2) is 93.9 Å². The van der Waals surface area contributed by atoms with Crippen molar-refractivity contribution in [1.82, 2.24) is 4.57 Å². The minimum atomic E-state index is -0.688. The van der Waals surface area contributed by atoms with Crippen LogP contribution < -0.4 is 29.7 Å². The first-order chi connectivity index (χ1) is 18.4. The van der Waals surface area contributed by atoms with Crippen molar-refractivity contribution < 1.29 is 14.3 Å². The van der Waals surface area contributed by atoms with Gasteiger partial charge >= 0.3 is 0 Å². The van der Waals surface area contributed by atoms with Crippen LogP contribution in [0.4, 0.5) is 5.69 Å². The van der Waals surface area contributed by atoms with Gasteiger partial charge in [0.2, 0.25) is 0 Å². The fourth-order valence-corrected chi connectivity index (χ4v) is 5.53. The van der Waals surface area contributed by atoms with E-state index in [0.29, 0.717) is 42.8 Å². The summed E-state index contributed by atoms with van der Waals surface area (Å²) in [5, 5.41) is 3.50. The average molecular weight is 546 g/mol. The number of nitrogens with zero attached hydrogens (tertiary/aromatic N) is 2. The molecule has 2 heterocycles. The van der Waals surface area contributed by atoms with Gasteiger partial charge in [0.05, 0.1) is 36.1 Å². The van der Waals surface area contributed by atoms with E-state index in [2.05, 4.69) is 10.3 Å². The van der Waals surface area contributed by atoms with Crippen LogP contribution in [0, 0.1) is 0 Å². The molecular weight excluding hydrogens is 522 g/mol. The maximum atomic E-state index is 13.9. The molecule has 0 saturated heterocycles. The Morgan fingerprint density at radius 3 is 2.47 bits per heavy atom. The Balaban J connectivity index is 1.67. The molecule has 5 rings (SSSR count). The maximum Gasteiger partial charge on any atom is 0.271 e. The summed E-state index contributed by atoms with van der Waals surface area (Å²) in [4.78, 5) is 32.6. The van der Waals surface area contributed by atoms with Crippen molar-refractivity contribution in [2.75, 3.05) is 19.5 Å². The summed E-state index contributed by atoms with van der Waals surface area (Å²) >= 11 is 7.42. The molecule has 1 amide bonds. The molecule has 0 unspecified atom stereocenters. The first-order valence-electron chi connectivity index (χ1n) is 11.8.